The summed E-state index contributed by atoms with van der Waals surface area (Å²) in [5.41, 5.74) is -0.203. The Kier molecular flexibility index (Phi) is 5.02. The average molecular weight is 281 g/mol. The Morgan fingerprint density at radius 2 is 1.80 bits per heavy atom. The second-order valence-electron chi connectivity index (χ2n) is 6.11. The summed E-state index contributed by atoms with van der Waals surface area (Å²) < 4.78 is 0. The molecular formula is C15H27N3O2. The first-order valence-corrected chi connectivity index (χ1v) is 7.85. The summed E-state index contributed by atoms with van der Waals surface area (Å²) in [7, 11) is 0. The van der Waals surface area contributed by atoms with E-state index in [-0.39, 0.29) is 11.3 Å². The van der Waals surface area contributed by atoms with E-state index in [9.17, 15) is 9.59 Å². The summed E-state index contributed by atoms with van der Waals surface area (Å²) >= 11 is 0. The van der Waals surface area contributed by atoms with E-state index in [1.807, 2.05) is 9.80 Å². The van der Waals surface area contributed by atoms with Crippen molar-refractivity contribution in [1.82, 2.24) is 15.1 Å². The maximum Gasteiger partial charge on any atom is 0.230 e. The molecule has 5 nitrogen and oxygen atoms in total. The molecule has 2 heterocycles. The van der Waals surface area contributed by atoms with Gasteiger partial charge in [0.2, 0.25) is 11.8 Å². The minimum absolute atomic E-state index is 0.111. The number of carbonyl (C=O) groups excluding carboxylic acids is 2. The fourth-order valence-electron chi connectivity index (χ4n) is 3.51. The van der Waals surface area contributed by atoms with Crippen LogP contribution < -0.4 is 5.32 Å². The van der Waals surface area contributed by atoms with E-state index in [1.54, 1.807) is 6.92 Å². The lowest BCUT2D eigenvalue weighted by Gasteiger charge is -2.43. The van der Waals surface area contributed by atoms with Crippen molar-refractivity contribution in [3.05, 3.63) is 0 Å². The van der Waals surface area contributed by atoms with E-state index in [0.717, 1.165) is 38.8 Å². The molecule has 1 N–H and O–H groups in total. The molecule has 1 atom stereocenters. The van der Waals surface area contributed by atoms with E-state index in [4.69, 9.17) is 0 Å². The SMILES string of the molecule is CCCC1(C(=O)N2CCN(C(C)=O)CC2)CCCNC1. The number of rotatable bonds is 3. The molecule has 1 unspecified atom stereocenters. The zero-order valence-corrected chi connectivity index (χ0v) is 12.8. The van der Waals surface area contributed by atoms with Gasteiger partial charge in [0.25, 0.3) is 0 Å². The number of hydrogen-bond acceptors (Lipinski definition) is 3. The zero-order valence-electron chi connectivity index (χ0n) is 12.8. The van der Waals surface area contributed by atoms with Crippen LogP contribution in [0.1, 0.15) is 39.5 Å². The lowest BCUT2D eigenvalue weighted by Crippen LogP contribution is -2.57. The number of amides is 2. The Hall–Kier alpha value is -1.10. The van der Waals surface area contributed by atoms with Crippen LogP contribution in [-0.2, 0) is 9.59 Å². The van der Waals surface area contributed by atoms with Gasteiger partial charge < -0.3 is 15.1 Å². The number of piperidine rings is 1. The van der Waals surface area contributed by atoms with Crippen LogP contribution in [0.4, 0.5) is 0 Å². The molecule has 0 bridgehead atoms. The normalized spacial score (nSPS) is 27.5. The number of carbonyl (C=O) groups is 2. The molecule has 0 saturated carbocycles. The van der Waals surface area contributed by atoms with Crippen LogP contribution in [0.25, 0.3) is 0 Å². The van der Waals surface area contributed by atoms with Gasteiger partial charge in [-0.15, -0.1) is 0 Å². The fourth-order valence-corrected chi connectivity index (χ4v) is 3.51. The molecule has 20 heavy (non-hydrogen) atoms. The monoisotopic (exact) mass is 281 g/mol. The van der Waals surface area contributed by atoms with Crippen molar-refractivity contribution in [2.24, 2.45) is 5.41 Å². The van der Waals surface area contributed by atoms with Crippen molar-refractivity contribution in [2.45, 2.75) is 39.5 Å². The van der Waals surface area contributed by atoms with E-state index >= 15 is 0 Å². The fraction of sp³-hybridized carbons (Fsp3) is 0.867. The highest BCUT2D eigenvalue weighted by atomic mass is 16.2. The van der Waals surface area contributed by atoms with Crippen molar-refractivity contribution in [3.8, 4) is 0 Å². The van der Waals surface area contributed by atoms with Crippen molar-refractivity contribution in [3.63, 3.8) is 0 Å². The Balaban J connectivity index is 2.00. The van der Waals surface area contributed by atoms with Gasteiger partial charge in [-0.1, -0.05) is 13.3 Å². The molecule has 0 aromatic carbocycles. The molecule has 2 aliphatic heterocycles. The molecular weight excluding hydrogens is 254 g/mol. The molecule has 5 heteroatoms. The van der Waals surface area contributed by atoms with E-state index in [1.165, 1.54) is 0 Å². The highest BCUT2D eigenvalue weighted by Crippen LogP contribution is 2.34. The molecule has 2 fully saturated rings. The molecule has 2 saturated heterocycles. The standard InChI is InChI=1S/C15H27N3O2/c1-3-5-15(6-4-7-16-12-15)14(20)18-10-8-17(9-11-18)13(2)19/h16H,3-12H2,1-2H3. The third-order valence-electron chi connectivity index (χ3n) is 4.67. The van der Waals surface area contributed by atoms with Crippen LogP contribution in [0.3, 0.4) is 0 Å². The maximum absolute atomic E-state index is 12.9. The highest BCUT2D eigenvalue weighted by molar-refractivity contribution is 5.83. The van der Waals surface area contributed by atoms with Gasteiger partial charge in [-0.3, -0.25) is 9.59 Å². The zero-order chi connectivity index (χ0) is 14.6. The van der Waals surface area contributed by atoms with Gasteiger partial charge in [0.15, 0.2) is 0 Å². The van der Waals surface area contributed by atoms with Crippen LogP contribution in [0.5, 0.6) is 0 Å². The molecule has 114 valence electrons. The summed E-state index contributed by atoms with van der Waals surface area (Å²) in [6.45, 7) is 8.31. The molecule has 2 aliphatic rings. The summed E-state index contributed by atoms with van der Waals surface area (Å²) in [5.74, 6) is 0.412. The van der Waals surface area contributed by atoms with E-state index < -0.39 is 0 Å². The first-order valence-electron chi connectivity index (χ1n) is 7.85. The van der Waals surface area contributed by atoms with Crippen molar-refractivity contribution < 1.29 is 9.59 Å². The Morgan fingerprint density at radius 1 is 1.15 bits per heavy atom. The second-order valence-corrected chi connectivity index (χ2v) is 6.11. The molecule has 0 aromatic rings. The second kappa shape index (κ2) is 6.57. The van der Waals surface area contributed by atoms with Crippen LogP contribution in [0.2, 0.25) is 0 Å². The predicted molar refractivity (Wildman–Crippen MR) is 78.3 cm³/mol. The summed E-state index contributed by atoms with van der Waals surface area (Å²) in [5, 5.41) is 3.40. The summed E-state index contributed by atoms with van der Waals surface area (Å²) in [6, 6.07) is 0. The highest BCUT2D eigenvalue weighted by Gasteiger charge is 2.41. The number of nitrogens with one attached hydrogen (secondary N) is 1. The van der Waals surface area contributed by atoms with Crippen LogP contribution in [0.15, 0.2) is 0 Å². The summed E-state index contributed by atoms with van der Waals surface area (Å²) in [4.78, 5) is 28.1. The number of piperazine rings is 1. The smallest absolute Gasteiger partial charge is 0.230 e. The van der Waals surface area contributed by atoms with Gasteiger partial charge in [0.05, 0.1) is 5.41 Å². The van der Waals surface area contributed by atoms with Gasteiger partial charge in [-0.25, -0.2) is 0 Å². The topological polar surface area (TPSA) is 52.7 Å². The third-order valence-corrected chi connectivity index (χ3v) is 4.67. The first-order chi connectivity index (χ1) is 9.59. The van der Waals surface area contributed by atoms with Crippen molar-refractivity contribution >= 4 is 11.8 Å². The van der Waals surface area contributed by atoms with Gasteiger partial charge in [-0.2, -0.15) is 0 Å². The van der Waals surface area contributed by atoms with Crippen molar-refractivity contribution in [1.29, 1.82) is 0 Å². The van der Waals surface area contributed by atoms with Crippen LogP contribution in [0, 0.1) is 5.41 Å². The maximum atomic E-state index is 12.9. The number of nitrogens with zero attached hydrogens (tertiary/aromatic N) is 2. The quantitative estimate of drug-likeness (QED) is 0.834. The predicted octanol–water partition coefficient (Wildman–Crippen LogP) is 0.847. The lowest BCUT2D eigenvalue weighted by atomic mass is 9.75. The molecule has 0 aromatic heterocycles. The van der Waals surface area contributed by atoms with Crippen molar-refractivity contribution in [2.75, 3.05) is 39.3 Å². The van der Waals surface area contributed by atoms with E-state index in [2.05, 4.69) is 12.2 Å². The van der Waals surface area contributed by atoms with Gasteiger partial charge in [0, 0.05) is 39.6 Å². The van der Waals surface area contributed by atoms with Gasteiger partial charge in [-0.05, 0) is 25.8 Å². The van der Waals surface area contributed by atoms with Gasteiger partial charge >= 0.3 is 0 Å². The Bertz CT molecular complexity index is 351. The average Bonchev–Trinajstić information content (AvgIpc) is 2.48. The van der Waals surface area contributed by atoms with Crippen LogP contribution in [-0.4, -0.2) is 60.9 Å². The Morgan fingerprint density at radius 3 is 2.30 bits per heavy atom. The summed E-state index contributed by atoms with van der Waals surface area (Å²) in [6.07, 6.45) is 4.09. The van der Waals surface area contributed by atoms with Crippen LogP contribution >= 0.6 is 0 Å². The largest absolute Gasteiger partial charge is 0.339 e. The minimum Gasteiger partial charge on any atom is -0.339 e. The van der Waals surface area contributed by atoms with Gasteiger partial charge in [0.1, 0.15) is 0 Å². The molecule has 0 spiro atoms. The molecule has 0 aliphatic carbocycles. The lowest BCUT2D eigenvalue weighted by molar-refractivity contribution is -0.148. The Labute approximate surface area is 121 Å². The molecule has 0 radical (unpaired) electrons. The molecule has 2 amide bonds. The third kappa shape index (κ3) is 3.14. The first kappa shape index (κ1) is 15.3. The number of hydrogen-bond donors (Lipinski definition) is 1. The van der Waals surface area contributed by atoms with E-state index in [0.29, 0.717) is 32.1 Å². The molecule has 2 rings (SSSR count). The minimum atomic E-state index is -0.203.